The molecule has 0 radical (unpaired) electrons. The largest absolute Gasteiger partial charge is 0.314 e. The van der Waals surface area contributed by atoms with Crippen LogP contribution in [0.25, 0.3) is 0 Å². The Kier molecular flexibility index (Phi) is 5.39. The van der Waals surface area contributed by atoms with Crippen LogP contribution in [-0.4, -0.2) is 18.6 Å². The van der Waals surface area contributed by atoms with E-state index in [0.29, 0.717) is 12.1 Å². The highest BCUT2D eigenvalue weighted by atomic mass is 19.1. The van der Waals surface area contributed by atoms with Gasteiger partial charge in [-0.3, -0.25) is 0 Å². The zero-order chi connectivity index (χ0) is 15.5. The fraction of sp³-hybridized carbons (Fsp3) is 0.667. The second-order valence-electron chi connectivity index (χ2n) is 7.45. The fourth-order valence-corrected chi connectivity index (χ4v) is 3.24. The van der Waals surface area contributed by atoms with E-state index in [2.05, 4.69) is 38.3 Å². The van der Waals surface area contributed by atoms with Gasteiger partial charge < -0.3 is 10.6 Å². The van der Waals surface area contributed by atoms with Crippen molar-refractivity contribution in [3.8, 4) is 0 Å². The molecule has 2 N–H and O–H groups in total. The minimum absolute atomic E-state index is 0.0925. The van der Waals surface area contributed by atoms with Gasteiger partial charge in [0.2, 0.25) is 0 Å². The number of halogens is 1. The zero-order valence-corrected chi connectivity index (χ0v) is 13.7. The molecule has 2 rings (SSSR count). The first kappa shape index (κ1) is 16.4. The summed E-state index contributed by atoms with van der Waals surface area (Å²) in [5, 5.41) is 7.31. The number of hydrogen-bond acceptors (Lipinski definition) is 2. The van der Waals surface area contributed by atoms with Crippen LogP contribution in [0, 0.1) is 11.2 Å². The molecule has 0 saturated carbocycles. The van der Waals surface area contributed by atoms with Crippen molar-refractivity contribution in [3.05, 3.63) is 35.6 Å². The van der Waals surface area contributed by atoms with Crippen LogP contribution in [-0.2, 0) is 0 Å². The molecule has 1 aliphatic heterocycles. The molecule has 21 heavy (non-hydrogen) atoms. The summed E-state index contributed by atoms with van der Waals surface area (Å²) in [6, 6.07) is 8.22. The molecule has 0 bridgehead atoms. The standard InChI is InChI=1S/C18H29FN2/c1-13(12-16-6-5-11-20-16)21-17(18(2,3)4)14-7-9-15(19)10-8-14/h7-10,13,16-17,20-21H,5-6,11-12H2,1-4H3. The van der Waals surface area contributed by atoms with Crippen molar-refractivity contribution in [1.29, 1.82) is 0 Å². The van der Waals surface area contributed by atoms with Gasteiger partial charge in [0.05, 0.1) is 0 Å². The molecule has 1 aromatic rings. The molecular weight excluding hydrogens is 263 g/mol. The van der Waals surface area contributed by atoms with Crippen molar-refractivity contribution < 1.29 is 4.39 Å². The van der Waals surface area contributed by atoms with E-state index in [1.165, 1.54) is 12.8 Å². The molecule has 0 spiro atoms. The second-order valence-corrected chi connectivity index (χ2v) is 7.45. The Bertz CT molecular complexity index is 430. The van der Waals surface area contributed by atoms with Crippen LogP contribution in [0.2, 0.25) is 0 Å². The first-order valence-electron chi connectivity index (χ1n) is 8.11. The third-order valence-electron chi connectivity index (χ3n) is 4.32. The minimum atomic E-state index is -0.172. The van der Waals surface area contributed by atoms with Crippen LogP contribution in [0.3, 0.4) is 0 Å². The third-order valence-corrected chi connectivity index (χ3v) is 4.32. The van der Waals surface area contributed by atoms with Crippen molar-refractivity contribution in [2.75, 3.05) is 6.54 Å². The zero-order valence-electron chi connectivity index (χ0n) is 13.7. The molecule has 118 valence electrons. The van der Waals surface area contributed by atoms with Gasteiger partial charge in [0, 0.05) is 18.1 Å². The van der Waals surface area contributed by atoms with Gasteiger partial charge in [-0.15, -0.1) is 0 Å². The van der Waals surface area contributed by atoms with Crippen molar-refractivity contribution >= 4 is 0 Å². The summed E-state index contributed by atoms with van der Waals surface area (Å²) in [6.45, 7) is 10.1. The van der Waals surface area contributed by atoms with Crippen molar-refractivity contribution in [2.45, 2.75) is 65.1 Å². The Labute approximate surface area is 128 Å². The molecule has 2 nitrogen and oxygen atoms in total. The number of rotatable bonds is 5. The van der Waals surface area contributed by atoms with Crippen LogP contribution in [0.4, 0.5) is 4.39 Å². The number of hydrogen-bond donors (Lipinski definition) is 2. The monoisotopic (exact) mass is 292 g/mol. The topological polar surface area (TPSA) is 24.1 Å². The molecule has 1 heterocycles. The number of benzene rings is 1. The molecular formula is C18H29FN2. The first-order valence-corrected chi connectivity index (χ1v) is 8.11. The molecule has 0 aromatic heterocycles. The van der Waals surface area contributed by atoms with Crippen LogP contribution in [0.1, 0.15) is 58.6 Å². The van der Waals surface area contributed by atoms with Gasteiger partial charge in [0.25, 0.3) is 0 Å². The molecule has 0 aliphatic carbocycles. The van der Waals surface area contributed by atoms with E-state index in [1.54, 1.807) is 12.1 Å². The van der Waals surface area contributed by atoms with Gasteiger partial charge >= 0.3 is 0 Å². The molecule has 3 unspecified atom stereocenters. The highest BCUT2D eigenvalue weighted by molar-refractivity contribution is 5.21. The first-order chi connectivity index (χ1) is 9.86. The molecule has 1 fully saturated rings. The molecule has 1 aromatic carbocycles. The lowest BCUT2D eigenvalue weighted by Gasteiger charge is -2.35. The van der Waals surface area contributed by atoms with E-state index >= 15 is 0 Å². The summed E-state index contributed by atoms with van der Waals surface area (Å²) in [5.74, 6) is -0.172. The van der Waals surface area contributed by atoms with E-state index < -0.39 is 0 Å². The quantitative estimate of drug-likeness (QED) is 0.856. The Balaban J connectivity index is 2.04. The Morgan fingerprint density at radius 1 is 1.29 bits per heavy atom. The van der Waals surface area contributed by atoms with Crippen molar-refractivity contribution in [1.82, 2.24) is 10.6 Å². The molecule has 3 atom stereocenters. The van der Waals surface area contributed by atoms with E-state index in [-0.39, 0.29) is 17.3 Å². The third kappa shape index (κ3) is 4.79. The Hall–Kier alpha value is -0.930. The van der Waals surface area contributed by atoms with Gasteiger partial charge in [0.15, 0.2) is 0 Å². The van der Waals surface area contributed by atoms with Gasteiger partial charge in [-0.05, 0) is 55.8 Å². The van der Waals surface area contributed by atoms with Gasteiger partial charge in [0.1, 0.15) is 5.82 Å². The average Bonchev–Trinajstić information content (AvgIpc) is 2.89. The summed E-state index contributed by atoms with van der Waals surface area (Å²) in [7, 11) is 0. The maximum atomic E-state index is 13.2. The predicted octanol–water partition coefficient (Wildman–Crippen LogP) is 4.03. The smallest absolute Gasteiger partial charge is 0.123 e. The van der Waals surface area contributed by atoms with E-state index in [0.717, 1.165) is 18.5 Å². The maximum Gasteiger partial charge on any atom is 0.123 e. The Morgan fingerprint density at radius 3 is 2.48 bits per heavy atom. The maximum absolute atomic E-state index is 13.2. The summed E-state index contributed by atoms with van der Waals surface area (Å²) >= 11 is 0. The van der Waals surface area contributed by atoms with E-state index in [4.69, 9.17) is 0 Å². The molecule has 1 saturated heterocycles. The lowest BCUT2D eigenvalue weighted by Crippen LogP contribution is -2.40. The van der Waals surface area contributed by atoms with Crippen LogP contribution in [0.15, 0.2) is 24.3 Å². The molecule has 3 heteroatoms. The summed E-state index contributed by atoms with van der Waals surface area (Å²) in [6.07, 6.45) is 3.72. The van der Waals surface area contributed by atoms with Crippen LogP contribution < -0.4 is 10.6 Å². The summed E-state index contributed by atoms with van der Waals surface area (Å²) in [4.78, 5) is 0. The molecule has 1 aliphatic rings. The Morgan fingerprint density at radius 2 is 1.95 bits per heavy atom. The number of nitrogens with one attached hydrogen (secondary N) is 2. The lowest BCUT2D eigenvalue weighted by atomic mass is 9.81. The SMILES string of the molecule is CC(CC1CCCN1)NC(c1ccc(F)cc1)C(C)(C)C. The van der Waals surface area contributed by atoms with Gasteiger partial charge in [-0.1, -0.05) is 32.9 Å². The normalized spacial score (nSPS) is 22.2. The second kappa shape index (κ2) is 6.89. The van der Waals surface area contributed by atoms with Gasteiger partial charge in [-0.25, -0.2) is 4.39 Å². The van der Waals surface area contributed by atoms with Crippen molar-refractivity contribution in [3.63, 3.8) is 0 Å². The highest BCUT2D eigenvalue weighted by Crippen LogP contribution is 2.33. The summed E-state index contributed by atoms with van der Waals surface area (Å²) < 4.78 is 13.2. The lowest BCUT2D eigenvalue weighted by molar-refractivity contribution is 0.243. The van der Waals surface area contributed by atoms with Gasteiger partial charge in [-0.2, -0.15) is 0 Å². The van der Waals surface area contributed by atoms with Crippen LogP contribution >= 0.6 is 0 Å². The van der Waals surface area contributed by atoms with E-state index in [9.17, 15) is 4.39 Å². The van der Waals surface area contributed by atoms with E-state index in [1.807, 2.05) is 12.1 Å². The fourth-order valence-electron chi connectivity index (χ4n) is 3.24. The summed E-state index contributed by atoms with van der Waals surface area (Å²) in [5.41, 5.74) is 1.25. The van der Waals surface area contributed by atoms with Crippen molar-refractivity contribution in [2.24, 2.45) is 5.41 Å². The average molecular weight is 292 g/mol. The predicted molar refractivity (Wildman–Crippen MR) is 86.8 cm³/mol. The highest BCUT2D eigenvalue weighted by Gasteiger charge is 2.28. The molecule has 0 amide bonds. The minimum Gasteiger partial charge on any atom is -0.314 e. The van der Waals surface area contributed by atoms with Crippen LogP contribution in [0.5, 0.6) is 0 Å².